The molecule has 0 unspecified atom stereocenters. The van der Waals surface area contributed by atoms with Gasteiger partial charge in [-0.2, -0.15) is 9.97 Å². The molecule has 2 N–H and O–H groups in total. The summed E-state index contributed by atoms with van der Waals surface area (Å²) >= 11 is 0. The Hall–Kier alpha value is -3.42. The van der Waals surface area contributed by atoms with Crippen LogP contribution in [0.15, 0.2) is 42.7 Å². The summed E-state index contributed by atoms with van der Waals surface area (Å²) in [5.74, 6) is 1.22. The van der Waals surface area contributed by atoms with E-state index in [2.05, 4.69) is 25.3 Å². The summed E-state index contributed by atoms with van der Waals surface area (Å²) in [6.07, 6.45) is 5.12. The second-order valence-electron chi connectivity index (χ2n) is 5.75. The van der Waals surface area contributed by atoms with E-state index in [4.69, 9.17) is 9.47 Å². The predicted octanol–water partition coefficient (Wildman–Crippen LogP) is 2.25. The van der Waals surface area contributed by atoms with E-state index in [0.717, 1.165) is 24.2 Å². The van der Waals surface area contributed by atoms with Gasteiger partial charge in [-0.1, -0.05) is 12.1 Å². The summed E-state index contributed by atoms with van der Waals surface area (Å²) in [5, 5.41) is 2.91. The van der Waals surface area contributed by atoms with Gasteiger partial charge in [0.25, 0.3) is 5.91 Å². The summed E-state index contributed by atoms with van der Waals surface area (Å²) < 4.78 is 10.2. The van der Waals surface area contributed by atoms with Crippen LogP contribution in [0.1, 0.15) is 22.6 Å². The fourth-order valence-corrected chi connectivity index (χ4v) is 2.53. The van der Waals surface area contributed by atoms with Crippen LogP contribution >= 0.6 is 0 Å². The summed E-state index contributed by atoms with van der Waals surface area (Å²) in [5.41, 5.74) is 2.08. The van der Waals surface area contributed by atoms with E-state index in [1.165, 1.54) is 14.2 Å². The number of benzene rings is 1. The van der Waals surface area contributed by atoms with Crippen LogP contribution in [-0.4, -0.2) is 46.6 Å². The van der Waals surface area contributed by atoms with Gasteiger partial charge in [0.15, 0.2) is 0 Å². The fraction of sp³-hybridized carbons (Fsp3) is 0.263. The van der Waals surface area contributed by atoms with Gasteiger partial charge in [0.2, 0.25) is 5.88 Å². The first-order valence-electron chi connectivity index (χ1n) is 8.53. The lowest BCUT2D eigenvalue weighted by molar-refractivity contribution is 0.0953. The normalized spacial score (nSPS) is 10.4. The van der Waals surface area contributed by atoms with Crippen molar-refractivity contribution in [2.24, 2.45) is 0 Å². The van der Waals surface area contributed by atoms with Crippen molar-refractivity contribution in [2.75, 3.05) is 20.8 Å². The number of methoxy groups -OCH3 is 2. The van der Waals surface area contributed by atoms with Crippen molar-refractivity contribution in [3.8, 4) is 23.1 Å². The Balaban J connectivity index is 1.60. The average Bonchev–Trinajstić information content (AvgIpc) is 3.24. The molecule has 0 spiro atoms. The highest BCUT2D eigenvalue weighted by molar-refractivity contribution is 5.94. The molecule has 2 heterocycles. The zero-order valence-electron chi connectivity index (χ0n) is 15.2. The number of imidazole rings is 1. The molecule has 0 fully saturated rings. The highest BCUT2D eigenvalue weighted by Gasteiger charge is 2.09. The number of amides is 1. The maximum absolute atomic E-state index is 12.3. The molecule has 1 amide bonds. The Morgan fingerprint density at radius 1 is 1.15 bits per heavy atom. The SMILES string of the molecule is COc1cc(-c2ccc(C(=O)NCCCc3ncc[nH]3)cc2)nc(OC)n1. The van der Waals surface area contributed by atoms with Crippen LogP contribution in [-0.2, 0) is 6.42 Å². The van der Waals surface area contributed by atoms with Crippen molar-refractivity contribution < 1.29 is 14.3 Å². The van der Waals surface area contributed by atoms with Crippen LogP contribution in [0.4, 0.5) is 0 Å². The molecule has 2 aromatic heterocycles. The Bertz CT molecular complexity index is 857. The standard InChI is InChI=1S/C19H21N5O3/c1-26-17-12-15(23-19(24-17)27-2)13-5-7-14(8-6-13)18(25)22-9-3-4-16-20-10-11-21-16/h5-8,10-12H,3-4,9H2,1-2H3,(H,20,21)(H,22,25). The number of nitrogens with zero attached hydrogens (tertiary/aromatic N) is 3. The highest BCUT2D eigenvalue weighted by atomic mass is 16.5. The molecular formula is C19H21N5O3. The minimum Gasteiger partial charge on any atom is -0.481 e. The molecule has 0 bridgehead atoms. The molecule has 0 saturated carbocycles. The Morgan fingerprint density at radius 2 is 1.96 bits per heavy atom. The molecule has 0 aliphatic rings. The minimum atomic E-state index is -0.112. The number of hydrogen-bond acceptors (Lipinski definition) is 6. The zero-order valence-corrected chi connectivity index (χ0v) is 15.2. The molecular weight excluding hydrogens is 346 g/mol. The zero-order chi connectivity index (χ0) is 19.1. The summed E-state index contributed by atoms with van der Waals surface area (Å²) in [7, 11) is 3.03. The molecule has 3 rings (SSSR count). The van der Waals surface area contributed by atoms with Gasteiger partial charge in [0.1, 0.15) is 5.82 Å². The highest BCUT2D eigenvalue weighted by Crippen LogP contribution is 2.23. The summed E-state index contributed by atoms with van der Waals surface area (Å²) in [6.45, 7) is 0.585. The largest absolute Gasteiger partial charge is 0.481 e. The monoisotopic (exact) mass is 367 g/mol. The molecule has 0 aliphatic carbocycles. The molecule has 0 aliphatic heterocycles. The third-order valence-corrected chi connectivity index (χ3v) is 3.95. The lowest BCUT2D eigenvalue weighted by atomic mass is 10.1. The quantitative estimate of drug-likeness (QED) is 0.592. The van der Waals surface area contributed by atoms with Crippen LogP contribution in [0.3, 0.4) is 0 Å². The number of carbonyl (C=O) groups is 1. The van der Waals surface area contributed by atoms with Gasteiger partial charge >= 0.3 is 6.01 Å². The topological polar surface area (TPSA) is 102 Å². The Kier molecular flexibility index (Phi) is 5.98. The van der Waals surface area contributed by atoms with Gasteiger partial charge < -0.3 is 19.8 Å². The van der Waals surface area contributed by atoms with Crippen molar-refractivity contribution in [3.63, 3.8) is 0 Å². The average molecular weight is 367 g/mol. The molecule has 8 heteroatoms. The molecule has 140 valence electrons. The lowest BCUT2D eigenvalue weighted by Crippen LogP contribution is -2.24. The van der Waals surface area contributed by atoms with Gasteiger partial charge in [-0.3, -0.25) is 4.79 Å². The molecule has 0 saturated heterocycles. The number of nitrogens with one attached hydrogen (secondary N) is 2. The van der Waals surface area contributed by atoms with Gasteiger partial charge in [0.05, 0.1) is 19.9 Å². The van der Waals surface area contributed by atoms with Gasteiger partial charge in [-0.05, 0) is 18.6 Å². The van der Waals surface area contributed by atoms with E-state index in [0.29, 0.717) is 23.7 Å². The molecule has 0 atom stereocenters. The second-order valence-corrected chi connectivity index (χ2v) is 5.75. The van der Waals surface area contributed by atoms with Crippen LogP contribution in [0.25, 0.3) is 11.3 Å². The molecule has 0 radical (unpaired) electrons. The first-order chi connectivity index (χ1) is 13.2. The van der Waals surface area contributed by atoms with E-state index in [-0.39, 0.29) is 11.9 Å². The second kappa shape index (κ2) is 8.79. The number of ether oxygens (including phenoxy) is 2. The third-order valence-electron chi connectivity index (χ3n) is 3.95. The summed E-state index contributed by atoms with van der Waals surface area (Å²) in [4.78, 5) is 27.8. The first-order valence-corrected chi connectivity index (χ1v) is 8.53. The van der Waals surface area contributed by atoms with Crippen LogP contribution in [0.2, 0.25) is 0 Å². The first kappa shape index (κ1) is 18.4. The maximum atomic E-state index is 12.3. The minimum absolute atomic E-state index is 0.112. The van der Waals surface area contributed by atoms with Crippen molar-refractivity contribution in [1.29, 1.82) is 0 Å². The Morgan fingerprint density at radius 3 is 2.63 bits per heavy atom. The molecule has 27 heavy (non-hydrogen) atoms. The number of aromatic amines is 1. The number of hydrogen-bond donors (Lipinski definition) is 2. The Labute approximate surface area is 157 Å². The predicted molar refractivity (Wildman–Crippen MR) is 99.8 cm³/mol. The number of aryl methyl sites for hydroxylation is 1. The smallest absolute Gasteiger partial charge is 0.320 e. The number of aromatic nitrogens is 4. The van der Waals surface area contributed by atoms with Crippen molar-refractivity contribution in [3.05, 3.63) is 54.1 Å². The van der Waals surface area contributed by atoms with Crippen LogP contribution in [0, 0.1) is 0 Å². The molecule has 1 aromatic carbocycles. The van der Waals surface area contributed by atoms with E-state index in [1.807, 2.05) is 12.1 Å². The van der Waals surface area contributed by atoms with Crippen LogP contribution in [0.5, 0.6) is 11.9 Å². The lowest BCUT2D eigenvalue weighted by Gasteiger charge is -2.08. The molecule has 8 nitrogen and oxygen atoms in total. The van der Waals surface area contributed by atoms with Crippen molar-refractivity contribution in [1.82, 2.24) is 25.3 Å². The van der Waals surface area contributed by atoms with E-state index in [9.17, 15) is 4.79 Å². The summed E-state index contributed by atoms with van der Waals surface area (Å²) in [6, 6.07) is 9.13. The van der Waals surface area contributed by atoms with Gasteiger partial charge in [0, 0.05) is 42.6 Å². The van der Waals surface area contributed by atoms with Crippen molar-refractivity contribution in [2.45, 2.75) is 12.8 Å². The van der Waals surface area contributed by atoms with Gasteiger partial charge in [-0.15, -0.1) is 0 Å². The fourth-order valence-electron chi connectivity index (χ4n) is 2.53. The van der Waals surface area contributed by atoms with E-state index < -0.39 is 0 Å². The van der Waals surface area contributed by atoms with Gasteiger partial charge in [-0.25, -0.2) is 4.98 Å². The molecule has 3 aromatic rings. The van der Waals surface area contributed by atoms with Crippen LogP contribution < -0.4 is 14.8 Å². The van der Waals surface area contributed by atoms with Crippen molar-refractivity contribution >= 4 is 5.91 Å². The number of carbonyl (C=O) groups excluding carboxylic acids is 1. The maximum Gasteiger partial charge on any atom is 0.320 e. The number of rotatable bonds is 8. The van der Waals surface area contributed by atoms with E-state index in [1.54, 1.807) is 30.6 Å². The third kappa shape index (κ3) is 4.81. The number of H-pyrrole nitrogens is 1. The van der Waals surface area contributed by atoms with E-state index >= 15 is 0 Å².